The topological polar surface area (TPSA) is 86.9 Å². The van der Waals surface area contributed by atoms with Gasteiger partial charge in [0, 0.05) is 49.4 Å². The van der Waals surface area contributed by atoms with Gasteiger partial charge in [0.15, 0.2) is 0 Å². The normalized spacial score (nSPS) is 12.6. The minimum atomic E-state index is -1.17. The van der Waals surface area contributed by atoms with Gasteiger partial charge in [-0.15, -0.1) is 0 Å². The van der Waals surface area contributed by atoms with Crippen molar-refractivity contribution in [1.82, 2.24) is 9.80 Å². The molecule has 0 fully saturated rings. The molecular weight excluding hydrogens is 512 g/mol. The standard InChI is InChI=1S/C32H39F2N3O3/c1-4-11-36(12-5-2)31(39)25-13-22(3)14-26(18-25)32(40)37(20-23-9-7-6-8-10-23)21-30(38)29(35)17-24-15-27(33)19-28(34)16-24/h6-10,13-16,18-19,29-30,38H,4-5,11-12,17,20-21,35H2,1-3H3/t29-,30+/m0/s1. The van der Waals surface area contributed by atoms with Crippen LogP contribution in [0.4, 0.5) is 8.78 Å². The summed E-state index contributed by atoms with van der Waals surface area (Å²) >= 11 is 0. The molecule has 0 aliphatic carbocycles. The maximum absolute atomic E-state index is 13.9. The van der Waals surface area contributed by atoms with Crippen LogP contribution >= 0.6 is 0 Å². The Kier molecular flexibility index (Phi) is 11.3. The smallest absolute Gasteiger partial charge is 0.254 e. The van der Waals surface area contributed by atoms with Crippen LogP contribution in [-0.4, -0.2) is 58.5 Å². The molecule has 0 unspecified atom stereocenters. The lowest BCUT2D eigenvalue weighted by Gasteiger charge is -2.29. The molecule has 0 aromatic heterocycles. The van der Waals surface area contributed by atoms with Gasteiger partial charge in [0.25, 0.3) is 11.8 Å². The van der Waals surface area contributed by atoms with Crippen molar-refractivity contribution in [2.24, 2.45) is 5.73 Å². The van der Waals surface area contributed by atoms with E-state index in [1.165, 1.54) is 17.0 Å². The summed E-state index contributed by atoms with van der Waals surface area (Å²) in [5, 5.41) is 11.0. The van der Waals surface area contributed by atoms with Crippen LogP contribution in [0.3, 0.4) is 0 Å². The van der Waals surface area contributed by atoms with Crippen molar-refractivity contribution in [3.63, 3.8) is 0 Å². The van der Waals surface area contributed by atoms with E-state index in [2.05, 4.69) is 0 Å². The summed E-state index contributed by atoms with van der Waals surface area (Å²) in [7, 11) is 0. The Morgan fingerprint density at radius 3 is 1.93 bits per heavy atom. The Morgan fingerprint density at radius 1 is 0.825 bits per heavy atom. The van der Waals surface area contributed by atoms with Crippen LogP contribution in [-0.2, 0) is 13.0 Å². The fourth-order valence-electron chi connectivity index (χ4n) is 4.77. The summed E-state index contributed by atoms with van der Waals surface area (Å²) in [5.41, 5.74) is 8.94. The molecule has 2 amide bonds. The number of halogens is 2. The lowest BCUT2D eigenvalue weighted by Crippen LogP contribution is -2.46. The molecule has 3 aromatic carbocycles. The lowest BCUT2D eigenvalue weighted by atomic mass is 10.00. The molecule has 0 heterocycles. The summed E-state index contributed by atoms with van der Waals surface area (Å²) in [6.07, 6.45) is 0.509. The van der Waals surface area contributed by atoms with E-state index in [4.69, 9.17) is 5.73 Å². The Bertz CT molecular complexity index is 1260. The Labute approximate surface area is 235 Å². The molecule has 3 rings (SSSR count). The molecule has 40 heavy (non-hydrogen) atoms. The van der Waals surface area contributed by atoms with E-state index < -0.39 is 23.8 Å². The monoisotopic (exact) mass is 551 g/mol. The second-order valence-electron chi connectivity index (χ2n) is 10.3. The van der Waals surface area contributed by atoms with Gasteiger partial charge in [-0.25, -0.2) is 8.78 Å². The van der Waals surface area contributed by atoms with Crippen molar-refractivity contribution in [2.75, 3.05) is 19.6 Å². The Balaban J connectivity index is 1.87. The van der Waals surface area contributed by atoms with E-state index in [9.17, 15) is 23.5 Å². The molecule has 6 nitrogen and oxygen atoms in total. The van der Waals surface area contributed by atoms with Crippen LogP contribution in [0.15, 0.2) is 66.7 Å². The number of benzene rings is 3. The molecule has 0 saturated carbocycles. The molecule has 0 aliphatic heterocycles. The SMILES string of the molecule is CCCN(CCC)C(=O)c1cc(C)cc(C(=O)N(Cc2ccccc2)C[C@@H](O)[C@@H](N)Cc2cc(F)cc(F)c2)c1. The minimum Gasteiger partial charge on any atom is -0.390 e. The van der Waals surface area contributed by atoms with E-state index in [1.807, 2.05) is 51.1 Å². The highest BCUT2D eigenvalue weighted by molar-refractivity contribution is 6.00. The number of carbonyl (C=O) groups excluding carboxylic acids is 2. The van der Waals surface area contributed by atoms with Crippen molar-refractivity contribution in [1.29, 1.82) is 0 Å². The van der Waals surface area contributed by atoms with Gasteiger partial charge in [0.2, 0.25) is 0 Å². The van der Waals surface area contributed by atoms with Crippen molar-refractivity contribution in [2.45, 2.75) is 58.7 Å². The number of aryl methyl sites for hydroxylation is 1. The molecule has 214 valence electrons. The zero-order valence-electron chi connectivity index (χ0n) is 23.4. The van der Waals surface area contributed by atoms with E-state index >= 15 is 0 Å². The first kappa shape index (κ1) is 30.9. The minimum absolute atomic E-state index is 0.0248. The van der Waals surface area contributed by atoms with Gasteiger partial charge in [-0.3, -0.25) is 9.59 Å². The number of aliphatic hydroxyl groups excluding tert-OH is 1. The quantitative estimate of drug-likeness (QED) is 0.309. The predicted octanol–water partition coefficient (Wildman–Crippen LogP) is 5.11. The molecule has 8 heteroatoms. The van der Waals surface area contributed by atoms with Crippen molar-refractivity contribution < 1.29 is 23.5 Å². The molecule has 0 bridgehead atoms. The zero-order valence-corrected chi connectivity index (χ0v) is 23.4. The van der Waals surface area contributed by atoms with E-state index in [1.54, 1.807) is 23.1 Å². The van der Waals surface area contributed by atoms with Gasteiger partial charge in [-0.1, -0.05) is 44.2 Å². The number of aliphatic hydroxyl groups is 1. The van der Waals surface area contributed by atoms with Crippen molar-refractivity contribution in [3.05, 3.63) is 106 Å². The van der Waals surface area contributed by atoms with E-state index in [-0.39, 0.29) is 31.3 Å². The fourth-order valence-corrected chi connectivity index (χ4v) is 4.77. The number of nitrogens with zero attached hydrogens (tertiary/aromatic N) is 2. The van der Waals surface area contributed by atoms with Crippen LogP contribution in [0.1, 0.15) is 64.1 Å². The molecular formula is C32H39F2N3O3. The highest BCUT2D eigenvalue weighted by atomic mass is 19.1. The first-order chi connectivity index (χ1) is 19.1. The summed E-state index contributed by atoms with van der Waals surface area (Å²) in [6, 6.07) is 16.7. The average Bonchev–Trinajstić information content (AvgIpc) is 2.91. The van der Waals surface area contributed by atoms with Gasteiger partial charge in [-0.2, -0.15) is 0 Å². The summed E-state index contributed by atoms with van der Waals surface area (Å²) in [4.78, 5) is 30.4. The molecule has 0 aliphatic rings. The third-order valence-corrected chi connectivity index (χ3v) is 6.64. The number of hydrogen-bond donors (Lipinski definition) is 2. The largest absolute Gasteiger partial charge is 0.390 e. The van der Waals surface area contributed by atoms with Crippen LogP contribution in [0.2, 0.25) is 0 Å². The zero-order chi connectivity index (χ0) is 29.2. The fraction of sp³-hybridized carbons (Fsp3) is 0.375. The van der Waals surface area contributed by atoms with Gasteiger partial charge in [-0.05, 0) is 73.2 Å². The molecule has 3 aromatic rings. The first-order valence-electron chi connectivity index (χ1n) is 13.7. The van der Waals surface area contributed by atoms with Crippen LogP contribution in [0.5, 0.6) is 0 Å². The molecule has 0 spiro atoms. The highest BCUT2D eigenvalue weighted by Crippen LogP contribution is 2.18. The summed E-state index contributed by atoms with van der Waals surface area (Å²) in [5.74, 6) is -1.93. The third kappa shape index (κ3) is 8.69. The molecule has 2 atom stereocenters. The van der Waals surface area contributed by atoms with Crippen molar-refractivity contribution >= 4 is 11.8 Å². The molecule has 0 saturated heterocycles. The van der Waals surface area contributed by atoms with Gasteiger partial charge < -0.3 is 20.6 Å². The Morgan fingerprint density at radius 2 is 1.38 bits per heavy atom. The van der Waals surface area contributed by atoms with Gasteiger partial charge >= 0.3 is 0 Å². The third-order valence-electron chi connectivity index (χ3n) is 6.64. The first-order valence-corrected chi connectivity index (χ1v) is 13.7. The van der Waals surface area contributed by atoms with Crippen LogP contribution in [0, 0.1) is 18.6 Å². The summed E-state index contributed by atoms with van der Waals surface area (Å²) in [6.45, 7) is 7.22. The second-order valence-corrected chi connectivity index (χ2v) is 10.3. The summed E-state index contributed by atoms with van der Waals surface area (Å²) < 4.78 is 27.3. The highest BCUT2D eigenvalue weighted by Gasteiger charge is 2.25. The van der Waals surface area contributed by atoms with E-state index in [0.29, 0.717) is 29.8 Å². The van der Waals surface area contributed by atoms with Crippen LogP contribution < -0.4 is 5.73 Å². The number of amides is 2. The average molecular weight is 552 g/mol. The predicted molar refractivity (Wildman–Crippen MR) is 153 cm³/mol. The van der Waals surface area contributed by atoms with Crippen LogP contribution in [0.25, 0.3) is 0 Å². The number of nitrogens with two attached hydrogens (primary N) is 1. The molecule has 0 radical (unpaired) electrons. The number of carbonyl (C=O) groups is 2. The number of hydrogen-bond acceptors (Lipinski definition) is 4. The molecule has 3 N–H and O–H groups in total. The number of rotatable bonds is 13. The maximum atomic E-state index is 13.9. The van der Waals surface area contributed by atoms with E-state index in [0.717, 1.165) is 30.0 Å². The van der Waals surface area contributed by atoms with Gasteiger partial charge in [0.1, 0.15) is 11.6 Å². The Hall–Kier alpha value is -3.62. The lowest BCUT2D eigenvalue weighted by molar-refractivity contribution is 0.0554. The maximum Gasteiger partial charge on any atom is 0.254 e. The van der Waals surface area contributed by atoms with Crippen molar-refractivity contribution in [3.8, 4) is 0 Å². The second kappa shape index (κ2) is 14.7. The van der Waals surface area contributed by atoms with Gasteiger partial charge in [0.05, 0.1) is 6.10 Å².